The molecule has 3 heterocycles. The lowest BCUT2D eigenvalue weighted by Gasteiger charge is -2.15. The molecule has 0 aromatic carbocycles. The van der Waals surface area contributed by atoms with Gasteiger partial charge in [-0.2, -0.15) is 0 Å². The molecule has 1 atom stereocenters. The number of carbonyl (C=O) groups excluding carboxylic acids is 1. The first-order chi connectivity index (χ1) is 13.0. The van der Waals surface area contributed by atoms with Crippen molar-refractivity contribution in [2.45, 2.75) is 12.8 Å². The predicted molar refractivity (Wildman–Crippen MR) is 107 cm³/mol. The lowest BCUT2D eigenvalue weighted by molar-refractivity contribution is -0.114. The molecule has 0 bridgehead atoms. The summed E-state index contributed by atoms with van der Waals surface area (Å²) in [5, 5.41) is 11.6. The third-order valence-corrected chi connectivity index (χ3v) is 4.08. The van der Waals surface area contributed by atoms with Gasteiger partial charge in [0.1, 0.15) is 11.0 Å². The van der Waals surface area contributed by atoms with Crippen molar-refractivity contribution in [1.82, 2.24) is 15.0 Å². The van der Waals surface area contributed by atoms with Crippen molar-refractivity contribution in [1.29, 1.82) is 5.41 Å². The van der Waals surface area contributed by atoms with Crippen LogP contribution in [0.15, 0.2) is 47.7 Å². The van der Waals surface area contributed by atoms with E-state index in [1.165, 1.54) is 6.92 Å². The van der Waals surface area contributed by atoms with Gasteiger partial charge in [-0.15, -0.1) is 0 Å². The van der Waals surface area contributed by atoms with E-state index in [1.54, 1.807) is 49.9 Å². The van der Waals surface area contributed by atoms with Crippen LogP contribution in [0.5, 0.6) is 0 Å². The third-order valence-electron chi connectivity index (χ3n) is 3.87. The zero-order chi connectivity index (χ0) is 19.4. The quantitative estimate of drug-likeness (QED) is 0.522. The summed E-state index contributed by atoms with van der Waals surface area (Å²) in [4.78, 5) is 28.1. The summed E-state index contributed by atoms with van der Waals surface area (Å²) < 4.78 is 0. The molecule has 0 spiro atoms. The van der Waals surface area contributed by atoms with E-state index >= 15 is 0 Å². The van der Waals surface area contributed by atoms with Gasteiger partial charge in [0.05, 0.1) is 22.7 Å². The molecule has 3 rings (SSSR count). The Bertz CT molecular complexity index is 1030. The fraction of sp³-hybridized carbons (Fsp3) is 0.158. The molecule has 8 heteroatoms. The summed E-state index contributed by atoms with van der Waals surface area (Å²) in [6.07, 6.45) is 4.93. The maximum Gasteiger partial charge on any atom is 0.222 e. The van der Waals surface area contributed by atoms with Crippen molar-refractivity contribution in [2.75, 3.05) is 12.4 Å². The summed E-state index contributed by atoms with van der Waals surface area (Å²) in [5.74, 6) is -0.179. The van der Waals surface area contributed by atoms with E-state index in [0.717, 1.165) is 11.1 Å². The first kappa shape index (κ1) is 18.6. The molecule has 0 aliphatic rings. The number of amides is 1. The molecular weight excluding hydrogens is 364 g/mol. The maximum atomic E-state index is 11.1. The number of nitrogens with zero attached hydrogens (tertiary/aromatic N) is 4. The zero-order valence-corrected chi connectivity index (χ0v) is 15.5. The van der Waals surface area contributed by atoms with Crippen LogP contribution in [0.4, 0.5) is 5.82 Å². The molecule has 0 saturated carbocycles. The first-order valence-corrected chi connectivity index (χ1v) is 8.52. The second kappa shape index (κ2) is 8.01. The van der Waals surface area contributed by atoms with Crippen LogP contribution in [-0.2, 0) is 4.79 Å². The zero-order valence-electron chi connectivity index (χ0n) is 14.8. The van der Waals surface area contributed by atoms with Crippen molar-refractivity contribution in [3.8, 4) is 0 Å². The number of fused-ring (bicyclic) bond motifs is 1. The lowest BCUT2D eigenvalue weighted by Crippen LogP contribution is -2.16. The Morgan fingerprint density at radius 3 is 2.70 bits per heavy atom. The fourth-order valence-electron chi connectivity index (χ4n) is 2.63. The summed E-state index contributed by atoms with van der Waals surface area (Å²) >= 11 is 5.98. The molecule has 0 saturated heterocycles. The van der Waals surface area contributed by atoms with Crippen LogP contribution in [0.1, 0.15) is 24.0 Å². The highest BCUT2D eigenvalue weighted by Crippen LogP contribution is 2.23. The highest BCUT2D eigenvalue weighted by molar-refractivity contribution is 6.29. The monoisotopic (exact) mass is 380 g/mol. The SMILES string of the molecule is CN=CC(C(=N)c1ccc(NC(C)=O)nc1)c1cnc2ccc(Cl)nc2c1. The van der Waals surface area contributed by atoms with Crippen molar-refractivity contribution in [3.05, 3.63) is 59.0 Å². The van der Waals surface area contributed by atoms with Gasteiger partial charge in [-0.1, -0.05) is 11.6 Å². The number of hydrogen-bond acceptors (Lipinski definition) is 6. The first-order valence-electron chi connectivity index (χ1n) is 8.15. The highest BCUT2D eigenvalue weighted by atomic mass is 35.5. The molecule has 1 amide bonds. The molecule has 27 heavy (non-hydrogen) atoms. The molecule has 7 nitrogen and oxygen atoms in total. The van der Waals surface area contributed by atoms with E-state index in [-0.39, 0.29) is 5.91 Å². The van der Waals surface area contributed by atoms with Crippen LogP contribution in [-0.4, -0.2) is 39.8 Å². The molecule has 3 aromatic rings. The molecule has 0 radical (unpaired) electrons. The third kappa shape index (κ3) is 4.32. The minimum atomic E-state index is -0.416. The van der Waals surface area contributed by atoms with Crippen LogP contribution in [0.3, 0.4) is 0 Å². The number of nitrogens with one attached hydrogen (secondary N) is 2. The molecule has 136 valence electrons. The number of rotatable bonds is 5. The predicted octanol–water partition coefficient (Wildman–Crippen LogP) is 3.49. The van der Waals surface area contributed by atoms with Crippen LogP contribution in [0.25, 0.3) is 11.0 Å². The van der Waals surface area contributed by atoms with Gasteiger partial charge in [0.15, 0.2) is 0 Å². The number of aromatic nitrogens is 3. The Morgan fingerprint density at radius 1 is 1.22 bits per heavy atom. The average Bonchev–Trinajstić information content (AvgIpc) is 2.65. The molecule has 0 fully saturated rings. The normalized spacial score (nSPS) is 12.3. The van der Waals surface area contributed by atoms with Gasteiger partial charge in [-0.3, -0.25) is 14.8 Å². The van der Waals surface area contributed by atoms with Crippen LogP contribution in [0.2, 0.25) is 5.15 Å². The van der Waals surface area contributed by atoms with E-state index in [1.807, 2.05) is 6.07 Å². The Kier molecular flexibility index (Phi) is 5.52. The minimum absolute atomic E-state index is 0.199. The number of carbonyl (C=O) groups is 1. The maximum absolute atomic E-state index is 11.1. The van der Waals surface area contributed by atoms with Gasteiger partial charge in [0.2, 0.25) is 5.91 Å². The van der Waals surface area contributed by atoms with Crippen molar-refractivity contribution in [3.63, 3.8) is 0 Å². The number of aliphatic imine (C=N–C) groups is 1. The minimum Gasteiger partial charge on any atom is -0.311 e. The second-order valence-corrected chi connectivity index (χ2v) is 6.24. The number of pyridine rings is 3. The summed E-state index contributed by atoms with van der Waals surface area (Å²) in [6, 6.07) is 8.74. The van der Waals surface area contributed by atoms with Gasteiger partial charge in [-0.25, -0.2) is 9.97 Å². The van der Waals surface area contributed by atoms with E-state index in [9.17, 15) is 4.79 Å². The van der Waals surface area contributed by atoms with E-state index in [0.29, 0.717) is 27.8 Å². The van der Waals surface area contributed by atoms with Gasteiger partial charge >= 0.3 is 0 Å². The van der Waals surface area contributed by atoms with Crippen LogP contribution >= 0.6 is 11.6 Å². The van der Waals surface area contributed by atoms with Gasteiger partial charge < -0.3 is 10.7 Å². The Balaban J connectivity index is 1.95. The van der Waals surface area contributed by atoms with E-state index < -0.39 is 5.92 Å². The lowest BCUT2D eigenvalue weighted by atomic mass is 9.92. The largest absolute Gasteiger partial charge is 0.311 e. The Hall–Kier alpha value is -3.19. The fourth-order valence-corrected chi connectivity index (χ4v) is 2.78. The summed E-state index contributed by atoms with van der Waals surface area (Å²) in [7, 11) is 1.65. The van der Waals surface area contributed by atoms with Crippen LogP contribution in [0, 0.1) is 5.41 Å². The smallest absolute Gasteiger partial charge is 0.222 e. The molecule has 2 N–H and O–H groups in total. The average molecular weight is 381 g/mol. The molecule has 3 aromatic heterocycles. The molecule has 1 unspecified atom stereocenters. The van der Waals surface area contributed by atoms with Crippen molar-refractivity contribution >= 4 is 46.3 Å². The Morgan fingerprint density at radius 2 is 2.04 bits per heavy atom. The number of hydrogen-bond donors (Lipinski definition) is 2. The number of anilines is 1. The molecular formula is C19H17ClN6O. The highest BCUT2D eigenvalue weighted by Gasteiger charge is 2.18. The van der Waals surface area contributed by atoms with E-state index in [4.69, 9.17) is 17.0 Å². The molecule has 0 aliphatic heterocycles. The van der Waals surface area contributed by atoms with Gasteiger partial charge in [0, 0.05) is 38.1 Å². The van der Waals surface area contributed by atoms with Crippen molar-refractivity contribution in [2.24, 2.45) is 4.99 Å². The molecule has 0 aliphatic carbocycles. The van der Waals surface area contributed by atoms with Gasteiger partial charge in [-0.05, 0) is 35.9 Å². The van der Waals surface area contributed by atoms with Gasteiger partial charge in [0.25, 0.3) is 0 Å². The summed E-state index contributed by atoms with van der Waals surface area (Å²) in [6.45, 7) is 1.42. The van der Waals surface area contributed by atoms with E-state index in [2.05, 4.69) is 25.3 Å². The summed E-state index contributed by atoms with van der Waals surface area (Å²) in [5.41, 5.74) is 3.09. The van der Waals surface area contributed by atoms with Crippen LogP contribution < -0.4 is 5.32 Å². The standard InChI is InChI=1S/C19H17ClN6O/c1-11(27)25-18-6-3-12(8-24-18)19(21)14(10-22-2)13-7-16-15(23-9-13)4-5-17(20)26-16/h3-10,14,21H,1-2H3,(H,24,25,27). The Labute approximate surface area is 161 Å². The topological polar surface area (TPSA) is 104 Å². The van der Waals surface area contributed by atoms with Crippen molar-refractivity contribution < 1.29 is 4.79 Å². The second-order valence-electron chi connectivity index (χ2n) is 5.85. The number of halogens is 1.